The Labute approximate surface area is 104 Å². The Kier molecular flexibility index (Phi) is 6.15. The maximum Gasteiger partial charge on any atom is 0.141 e. The van der Waals surface area contributed by atoms with Gasteiger partial charge < -0.3 is 10.1 Å². The molecule has 1 N–H and O–H groups in total. The van der Waals surface area contributed by atoms with Crippen molar-refractivity contribution < 1.29 is 4.74 Å². The van der Waals surface area contributed by atoms with Crippen LogP contribution in [0.3, 0.4) is 0 Å². The SMILES string of the molecule is CCCC(COC)NCc1ncnn1C(C)C. The van der Waals surface area contributed by atoms with Crippen LogP contribution in [0.2, 0.25) is 0 Å². The van der Waals surface area contributed by atoms with E-state index in [1.807, 2.05) is 4.68 Å². The van der Waals surface area contributed by atoms with Crippen LogP contribution in [-0.2, 0) is 11.3 Å². The molecule has 0 aliphatic heterocycles. The highest BCUT2D eigenvalue weighted by atomic mass is 16.5. The number of hydrogen-bond acceptors (Lipinski definition) is 4. The predicted molar refractivity (Wildman–Crippen MR) is 67.8 cm³/mol. The number of hydrogen-bond donors (Lipinski definition) is 1. The second-order valence-corrected chi connectivity index (χ2v) is 4.54. The van der Waals surface area contributed by atoms with Gasteiger partial charge >= 0.3 is 0 Å². The van der Waals surface area contributed by atoms with Crippen LogP contribution in [0.1, 0.15) is 45.5 Å². The fourth-order valence-electron chi connectivity index (χ4n) is 1.86. The van der Waals surface area contributed by atoms with E-state index in [2.05, 4.69) is 36.2 Å². The normalized spacial score (nSPS) is 13.2. The van der Waals surface area contributed by atoms with Crippen molar-refractivity contribution in [3.8, 4) is 0 Å². The smallest absolute Gasteiger partial charge is 0.141 e. The van der Waals surface area contributed by atoms with Crippen LogP contribution < -0.4 is 5.32 Å². The highest BCUT2D eigenvalue weighted by Gasteiger charge is 2.11. The molecule has 0 aliphatic rings. The third-order valence-corrected chi connectivity index (χ3v) is 2.69. The summed E-state index contributed by atoms with van der Waals surface area (Å²) in [5.74, 6) is 0.984. The molecule has 0 radical (unpaired) electrons. The van der Waals surface area contributed by atoms with E-state index in [0.717, 1.165) is 31.8 Å². The molecule has 0 amide bonds. The number of aromatic nitrogens is 3. The average Bonchev–Trinajstić information content (AvgIpc) is 2.74. The Morgan fingerprint density at radius 2 is 2.24 bits per heavy atom. The monoisotopic (exact) mass is 240 g/mol. The van der Waals surface area contributed by atoms with Crippen molar-refractivity contribution in [3.63, 3.8) is 0 Å². The topological polar surface area (TPSA) is 52.0 Å². The summed E-state index contributed by atoms with van der Waals surface area (Å²) in [4.78, 5) is 4.28. The molecule has 1 unspecified atom stereocenters. The van der Waals surface area contributed by atoms with E-state index in [1.165, 1.54) is 0 Å². The van der Waals surface area contributed by atoms with Gasteiger partial charge in [-0.1, -0.05) is 13.3 Å². The Balaban J connectivity index is 2.49. The van der Waals surface area contributed by atoms with E-state index in [-0.39, 0.29) is 0 Å². The summed E-state index contributed by atoms with van der Waals surface area (Å²) < 4.78 is 7.15. The van der Waals surface area contributed by atoms with Gasteiger partial charge in [0.25, 0.3) is 0 Å². The van der Waals surface area contributed by atoms with Crippen LogP contribution in [0.5, 0.6) is 0 Å². The first kappa shape index (κ1) is 14.1. The molecule has 0 fully saturated rings. The molecule has 5 nitrogen and oxygen atoms in total. The molecule has 98 valence electrons. The van der Waals surface area contributed by atoms with Gasteiger partial charge in [-0.3, -0.25) is 0 Å². The third kappa shape index (κ3) is 4.44. The van der Waals surface area contributed by atoms with E-state index in [4.69, 9.17) is 4.74 Å². The van der Waals surface area contributed by atoms with Crippen LogP contribution in [-0.4, -0.2) is 34.5 Å². The van der Waals surface area contributed by atoms with Gasteiger partial charge in [-0.25, -0.2) is 9.67 Å². The van der Waals surface area contributed by atoms with Gasteiger partial charge in [-0.05, 0) is 20.3 Å². The van der Waals surface area contributed by atoms with Crippen molar-refractivity contribution in [1.82, 2.24) is 20.1 Å². The third-order valence-electron chi connectivity index (χ3n) is 2.69. The van der Waals surface area contributed by atoms with Crippen LogP contribution in [0, 0.1) is 0 Å². The maximum atomic E-state index is 5.20. The molecule has 0 bridgehead atoms. The van der Waals surface area contributed by atoms with Crippen LogP contribution in [0.25, 0.3) is 0 Å². The molecular formula is C12H24N4O. The average molecular weight is 240 g/mol. The zero-order chi connectivity index (χ0) is 12.7. The van der Waals surface area contributed by atoms with E-state index >= 15 is 0 Å². The highest BCUT2D eigenvalue weighted by Crippen LogP contribution is 2.06. The number of methoxy groups -OCH3 is 1. The van der Waals surface area contributed by atoms with Crippen molar-refractivity contribution in [3.05, 3.63) is 12.2 Å². The van der Waals surface area contributed by atoms with Gasteiger partial charge in [0, 0.05) is 19.2 Å². The molecule has 5 heteroatoms. The van der Waals surface area contributed by atoms with Crippen molar-refractivity contribution >= 4 is 0 Å². The highest BCUT2D eigenvalue weighted by molar-refractivity contribution is 4.86. The van der Waals surface area contributed by atoms with Crippen molar-refractivity contribution in [1.29, 1.82) is 0 Å². The molecule has 1 atom stereocenters. The lowest BCUT2D eigenvalue weighted by molar-refractivity contribution is 0.160. The molecule has 1 heterocycles. The maximum absolute atomic E-state index is 5.20. The van der Waals surface area contributed by atoms with E-state index in [1.54, 1.807) is 13.4 Å². The van der Waals surface area contributed by atoms with E-state index in [9.17, 15) is 0 Å². The molecule has 0 saturated heterocycles. The van der Waals surface area contributed by atoms with Gasteiger partial charge in [0.05, 0.1) is 13.2 Å². The lowest BCUT2D eigenvalue weighted by atomic mass is 10.2. The van der Waals surface area contributed by atoms with Crippen LogP contribution in [0.4, 0.5) is 0 Å². The van der Waals surface area contributed by atoms with Gasteiger partial charge in [-0.2, -0.15) is 5.10 Å². The fraction of sp³-hybridized carbons (Fsp3) is 0.833. The lowest BCUT2D eigenvalue weighted by Gasteiger charge is -2.17. The van der Waals surface area contributed by atoms with Gasteiger partial charge in [0.15, 0.2) is 0 Å². The van der Waals surface area contributed by atoms with Gasteiger partial charge in [0.1, 0.15) is 12.2 Å². The minimum atomic E-state index is 0.348. The summed E-state index contributed by atoms with van der Waals surface area (Å²) in [7, 11) is 1.74. The zero-order valence-corrected chi connectivity index (χ0v) is 11.3. The summed E-state index contributed by atoms with van der Waals surface area (Å²) in [6, 6.07) is 0.740. The first-order valence-electron chi connectivity index (χ1n) is 6.29. The molecule has 1 aromatic rings. The predicted octanol–water partition coefficient (Wildman–Crippen LogP) is 1.76. The molecule has 0 saturated carbocycles. The summed E-state index contributed by atoms with van der Waals surface area (Å²) in [5.41, 5.74) is 0. The quantitative estimate of drug-likeness (QED) is 0.752. The number of nitrogens with one attached hydrogen (secondary N) is 1. The summed E-state index contributed by atoms with van der Waals surface area (Å²) >= 11 is 0. The van der Waals surface area contributed by atoms with Crippen molar-refractivity contribution in [2.45, 2.75) is 52.2 Å². The van der Waals surface area contributed by atoms with Crippen molar-refractivity contribution in [2.24, 2.45) is 0 Å². The summed E-state index contributed by atoms with van der Waals surface area (Å²) in [6.07, 6.45) is 3.88. The standard InChI is InChI=1S/C12H24N4O/c1-5-6-11(8-17-4)13-7-12-14-9-15-16(12)10(2)3/h9-11,13H,5-8H2,1-4H3. The zero-order valence-electron chi connectivity index (χ0n) is 11.3. The molecule has 17 heavy (non-hydrogen) atoms. The Morgan fingerprint density at radius 3 is 2.82 bits per heavy atom. The minimum Gasteiger partial charge on any atom is -0.383 e. The Bertz CT molecular complexity index is 305. The lowest BCUT2D eigenvalue weighted by Crippen LogP contribution is -2.33. The molecule has 0 aliphatic carbocycles. The summed E-state index contributed by atoms with van der Waals surface area (Å²) in [5, 5.41) is 7.69. The van der Waals surface area contributed by atoms with E-state index in [0.29, 0.717) is 12.1 Å². The fourth-order valence-corrected chi connectivity index (χ4v) is 1.86. The number of ether oxygens (including phenoxy) is 1. The van der Waals surface area contributed by atoms with Gasteiger partial charge in [-0.15, -0.1) is 0 Å². The largest absolute Gasteiger partial charge is 0.383 e. The van der Waals surface area contributed by atoms with Crippen LogP contribution >= 0.6 is 0 Å². The van der Waals surface area contributed by atoms with E-state index < -0.39 is 0 Å². The minimum absolute atomic E-state index is 0.348. The second-order valence-electron chi connectivity index (χ2n) is 4.54. The first-order valence-corrected chi connectivity index (χ1v) is 6.29. The summed E-state index contributed by atoms with van der Waals surface area (Å²) in [6.45, 7) is 7.88. The molecular weight excluding hydrogens is 216 g/mol. The Hall–Kier alpha value is -0.940. The Morgan fingerprint density at radius 1 is 1.47 bits per heavy atom. The number of nitrogens with zero attached hydrogens (tertiary/aromatic N) is 3. The molecule has 1 rings (SSSR count). The second kappa shape index (κ2) is 7.40. The molecule has 0 spiro atoms. The van der Waals surface area contributed by atoms with Crippen LogP contribution in [0.15, 0.2) is 6.33 Å². The van der Waals surface area contributed by atoms with Gasteiger partial charge in [0.2, 0.25) is 0 Å². The molecule has 0 aromatic carbocycles. The molecule has 1 aromatic heterocycles. The van der Waals surface area contributed by atoms with Crippen molar-refractivity contribution in [2.75, 3.05) is 13.7 Å². The number of rotatable bonds is 8. The first-order chi connectivity index (χ1) is 8.19.